The van der Waals surface area contributed by atoms with Crippen LogP contribution in [-0.4, -0.2) is 33.6 Å². The Morgan fingerprint density at radius 1 is 1.43 bits per heavy atom. The third-order valence-corrected chi connectivity index (χ3v) is 2.84. The molecule has 0 spiro atoms. The summed E-state index contributed by atoms with van der Waals surface area (Å²) in [6, 6.07) is 5.68. The van der Waals surface area contributed by atoms with Crippen molar-refractivity contribution in [1.82, 2.24) is 15.1 Å². The molecule has 0 saturated heterocycles. The summed E-state index contributed by atoms with van der Waals surface area (Å²) in [5.41, 5.74) is -0.103. The molecule has 0 bridgehead atoms. The van der Waals surface area contributed by atoms with E-state index in [1.54, 1.807) is 18.2 Å². The Kier molecular flexibility index (Phi) is 4.89. The fourth-order valence-electron chi connectivity index (χ4n) is 1.75. The fourth-order valence-corrected chi connectivity index (χ4v) is 1.75. The summed E-state index contributed by atoms with van der Waals surface area (Å²) in [6.45, 7) is 1.61. The second-order valence-electron chi connectivity index (χ2n) is 4.91. The van der Waals surface area contributed by atoms with E-state index in [0.717, 1.165) is 17.1 Å². The molecule has 0 aliphatic rings. The first-order chi connectivity index (χ1) is 10.8. The minimum Gasteiger partial charge on any atom is -0.392 e. The SMILES string of the molecule is C[C@@H](O)CNC(=O)Nc1cccc(-n2cc(C(F)(F)F)cn2)c1. The number of carbonyl (C=O) groups is 1. The average Bonchev–Trinajstić information content (AvgIpc) is 2.95. The molecule has 0 fully saturated rings. The number of aliphatic hydroxyl groups is 1. The zero-order chi connectivity index (χ0) is 17.0. The highest BCUT2D eigenvalue weighted by Gasteiger charge is 2.32. The number of carbonyl (C=O) groups excluding carboxylic acids is 1. The topological polar surface area (TPSA) is 79.2 Å². The number of aromatic nitrogens is 2. The van der Waals surface area contributed by atoms with Gasteiger partial charge in [-0.3, -0.25) is 0 Å². The molecular formula is C14H15F3N4O2. The highest BCUT2D eigenvalue weighted by atomic mass is 19.4. The van der Waals surface area contributed by atoms with Crippen molar-refractivity contribution in [3.63, 3.8) is 0 Å². The summed E-state index contributed by atoms with van der Waals surface area (Å²) in [4.78, 5) is 11.6. The maximum Gasteiger partial charge on any atom is 0.419 e. The van der Waals surface area contributed by atoms with Gasteiger partial charge < -0.3 is 15.7 Å². The summed E-state index contributed by atoms with van der Waals surface area (Å²) < 4.78 is 38.8. The number of amides is 2. The van der Waals surface area contributed by atoms with E-state index in [1.807, 2.05) is 0 Å². The highest BCUT2D eigenvalue weighted by molar-refractivity contribution is 5.89. The van der Waals surface area contributed by atoms with Crippen LogP contribution in [0.15, 0.2) is 36.7 Å². The second kappa shape index (κ2) is 6.69. The zero-order valence-electron chi connectivity index (χ0n) is 12.1. The van der Waals surface area contributed by atoms with Gasteiger partial charge in [0.1, 0.15) is 0 Å². The lowest BCUT2D eigenvalue weighted by molar-refractivity contribution is -0.137. The Labute approximate surface area is 129 Å². The lowest BCUT2D eigenvalue weighted by Crippen LogP contribution is -2.34. The van der Waals surface area contributed by atoms with Crippen LogP contribution in [0.4, 0.5) is 23.7 Å². The number of hydrogen-bond donors (Lipinski definition) is 3. The van der Waals surface area contributed by atoms with E-state index in [9.17, 15) is 18.0 Å². The van der Waals surface area contributed by atoms with Crippen molar-refractivity contribution in [3.05, 3.63) is 42.2 Å². The van der Waals surface area contributed by atoms with Gasteiger partial charge in [-0.05, 0) is 25.1 Å². The number of halogens is 3. The van der Waals surface area contributed by atoms with E-state index < -0.39 is 23.9 Å². The molecule has 2 aromatic rings. The first-order valence-electron chi connectivity index (χ1n) is 6.71. The largest absolute Gasteiger partial charge is 0.419 e. The molecule has 2 amide bonds. The summed E-state index contributed by atoms with van der Waals surface area (Å²) in [5.74, 6) is 0. The molecule has 9 heteroatoms. The zero-order valence-corrected chi connectivity index (χ0v) is 12.1. The van der Waals surface area contributed by atoms with Gasteiger partial charge in [0.2, 0.25) is 0 Å². The van der Waals surface area contributed by atoms with Crippen molar-refractivity contribution in [1.29, 1.82) is 0 Å². The van der Waals surface area contributed by atoms with Gasteiger partial charge in [0.05, 0.1) is 23.6 Å². The number of nitrogens with zero attached hydrogens (tertiary/aromatic N) is 2. The molecule has 0 saturated carbocycles. The van der Waals surface area contributed by atoms with Crippen LogP contribution in [-0.2, 0) is 6.18 Å². The molecular weight excluding hydrogens is 313 g/mol. The minimum atomic E-state index is -4.46. The summed E-state index contributed by atoms with van der Waals surface area (Å²) >= 11 is 0. The molecule has 0 aliphatic heterocycles. The Morgan fingerprint density at radius 2 is 2.17 bits per heavy atom. The molecule has 0 unspecified atom stereocenters. The van der Waals surface area contributed by atoms with Crippen molar-refractivity contribution in [2.45, 2.75) is 19.2 Å². The Balaban J connectivity index is 2.11. The smallest absolute Gasteiger partial charge is 0.392 e. The third-order valence-electron chi connectivity index (χ3n) is 2.84. The predicted molar refractivity (Wildman–Crippen MR) is 77.3 cm³/mol. The van der Waals surface area contributed by atoms with E-state index in [0.29, 0.717) is 11.4 Å². The number of aliphatic hydroxyl groups excluding tert-OH is 1. The molecule has 3 N–H and O–H groups in total. The van der Waals surface area contributed by atoms with Gasteiger partial charge in [-0.1, -0.05) is 6.07 Å². The highest BCUT2D eigenvalue weighted by Crippen LogP contribution is 2.29. The molecule has 23 heavy (non-hydrogen) atoms. The molecule has 0 radical (unpaired) electrons. The number of rotatable bonds is 4. The lowest BCUT2D eigenvalue weighted by Gasteiger charge is -2.10. The number of benzene rings is 1. The molecule has 1 aromatic heterocycles. The fraction of sp³-hybridized carbons (Fsp3) is 0.286. The number of anilines is 1. The monoisotopic (exact) mass is 328 g/mol. The first kappa shape index (κ1) is 16.8. The van der Waals surface area contributed by atoms with Crippen molar-refractivity contribution in [2.24, 2.45) is 0 Å². The summed E-state index contributed by atoms with van der Waals surface area (Å²) in [6.07, 6.45) is -3.55. The number of alkyl halides is 3. The third kappa shape index (κ3) is 4.71. The maximum atomic E-state index is 12.6. The molecule has 1 heterocycles. The molecule has 6 nitrogen and oxygen atoms in total. The Bertz CT molecular complexity index is 683. The van der Waals surface area contributed by atoms with Gasteiger partial charge in [-0.15, -0.1) is 0 Å². The first-order valence-corrected chi connectivity index (χ1v) is 6.71. The summed E-state index contributed by atoms with van der Waals surface area (Å²) in [5, 5.41) is 17.7. The van der Waals surface area contributed by atoms with Crippen LogP contribution in [0.2, 0.25) is 0 Å². The van der Waals surface area contributed by atoms with Crippen LogP contribution in [0.25, 0.3) is 5.69 Å². The van der Waals surface area contributed by atoms with Crippen LogP contribution < -0.4 is 10.6 Å². The van der Waals surface area contributed by atoms with Gasteiger partial charge >= 0.3 is 12.2 Å². The van der Waals surface area contributed by atoms with Gasteiger partial charge in [0.15, 0.2) is 0 Å². The van der Waals surface area contributed by atoms with Gasteiger partial charge in [-0.2, -0.15) is 18.3 Å². The molecule has 0 aliphatic carbocycles. The van der Waals surface area contributed by atoms with Crippen molar-refractivity contribution in [2.75, 3.05) is 11.9 Å². The normalized spacial score (nSPS) is 12.7. The lowest BCUT2D eigenvalue weighted by atomic mass is 10.2. The van der Waals surface area contributed by atoms with E-state index in [4.69, 9.17) is 5.11 Å². The van der Waals surface area contributed by atoms with Gasteiger partial charge in [0, 0.05) is 18.4 Å². The van der Waals surface area contributed by atoms with E-state index in [2.05, 4.69) is 15.7 Å². The van der Waals surface area contributed by atoms with Gasteiger partial charge in [0.25, 0.3) is 0 Å². The van der Waals surface area contributed by atoms with Crippen LogP contribution in [0.5, 0.6) is 0 Å². The van der Waals surface area contributed by atoms with Crippen LogP contribution >= 0.6 is 0 Å². The minimum absolute atomic E-state index is 0.0830. The van der Waals surface area contributed by atoms with Crippen LogP contribution in [0.3, 0.4) is 0 Å². The summed E-state index contributed by atoms with van der Waals surface area (Å²) in [7, 11) is 0. The van der Waals surface area contributed by atoms with Crippen molar-refractivity contribution < 1.29 is 23.1 Å². The Morgan fingerprint density at radius 3 is 2.78 bits per heavy atom. The molecule has 1 aromatic carbocycles. The standard InChI is InChI=1S/C14H15F3N4O2/c1-9(22)6-18-13(23)20-11-3-2-4-12(5-11)21-8-10(7-19-21)14(15,16)17/h2-5,7-9,22H,6H2,1H3,(H2,18,20,23)/t9-/m1/s1. The van der Waals surface area contributed by atoms with E-state index in [-0.39, 0.29) is 6.54 Å². The van der Waals surface area contributed by atoms with Crippen molar-refractivity contribution in [3.8, 4) is 5.69 Å². The number of urea groups is 1. The van der Waals surface area contributed by atoms with E-state index in [1.165, 1.54) is 13.0 Å². The maximum absolute atomic E-state index is 12.6. The van der Waals surface area contributed by atoms with Crippen molar-refractivity contribution >= 4 is 11.7 Å². The van der Waals surface area contributed by atoms with E-state index >= 15 is 0 Å². The predicted octanol–water partition coefficient (Wildman–Crippen LogP) is 2.39. The molecule has 1 atom stereocenters. The van der Waals surface area contributed by atoms with Crippen LogP contribution in [0.1, 0.15) is 12.5 Å². The Hall–Kier alpha value is -2.55. The van der Waals surface area contributed by atoms with Crippen LogP contribution in [0, 0.1) is 0 Å². The van der Waals surface area contributed by atoms with Gasteiger partial charge in [-0.25, -0.2) is 9.48 Å². The quantitative estimate of drug-likeness (QED) is 0.806. The molecule has 2 rings (SSSR count). The molecule has 124 valence electrons. The second-order valence-corrected chi connectivity index (χ2v) is 4.91. The number of nitrogens with one attached hydrogen (secondary N) is 2. The average molecular weight is 328 g/mol. The number of hydrogen-bond acceptors (Lipinski definition) is 3.